The van der Waals surface area contributed by atoms with Crippen molar-refractivity contribution in [3.8, 4) is 0 Å². The number of carbonyl (C=O) groups is 2. The van der Waals surface area contributed by atoms with Gasteiger partial charge in [0.2, 0.25) is 11.8 Å². The molecular formula is C11H18N2O3. The first kappa shape index (κ1) is 11.4. The number of likely N-dealkylation sites (N-methyl/N-ethyl adjacent to an activating group) is 1. The maximum atomic E-state index is 11.9. The Hall–Kier alpha value is -1.10. The van der Waals surface area contributed by atoms with Gasteiger partial charge in [-0.2, -0.15) is 0 Å². The van der Waals surface area contributed by atoms with Crippen molar-refractivity contribution in [2.45, 2.75) is 25.4 Å². The van der Waals surface area contributed by atoms with E-state index in [0.717, 1.165) is 12.8 Å². The third-order valence-electron chi connectivity index (χ3n) is 3.32. The van der Waals surface area contributed by atoms with Gasteiger partial charge >= 0.3 is 0 Å². The Morgan fingerprint density at radius 1 is 1.44 bits per heavy atom. The topological polar surface area (TPSA) is 49.9 Å². The van der Waals surface area contributed by atoms with Crippen molar-refractivity contribution >= 4 is 11.8 Å². The molecular weight excluding hydrogens is 208 g/mol. The minimum Gasteiger partial charge on any atom is -0.371 e. The summed E-state index contributed by atoms with van der Waals surface area (Å²) in [4.78, 5) is 26.2. The van der Waals surface area contributed by atoms with E-state index in [1.54, 1.807) is 7.05 Å². The van der Waals surface area contributed by atoms with Crippen LogP contribution in [-0.2, 0) is 14.3 Å². The molecule has 2 rings (SSSR count). The first-order chi connectivity index (χ1) is 7.52. The van der Waals surface area contributed by atoms with Gasteiger partial charge in [0, 0.05) is 27.1 Å². The van der Waals surface area contributed by atoms with Crippen molar-refractivity contribution in [2.75, 3.05) is 33.3 Å². The minimum atomic E-state index is -0.0808. The summed E-state index contributed by atoms with van der Waals surface area (Å²) in [6.07, 6.45) is 2.11. The van der Waals surface area contributed by atoms with E-state index in [4.69, 9.17) is 4.74 Å². The van der Waals surface area contributed by atoms with Gasteiger partial charge in [-0.05, 0) is 12.8 Å². The largest absolute Gasteiger partial charge is 0.371 e. The molecule has 0 bridgehead atoms. The Morgan fingerprint density at radius 2 is 2.12 bits per heavy atom. The first-order valence-corrected chi connectivity index (χ1v) is 5.66. The van der Waals surface area contributed by atoms with Crippen LogP contribution in [0.4, 0.5) is 0 Å². The molecule has 0 aromatic heterocycles. The monoisotopic (exact) mass is 226 g/mol. The molecule has 5 heteroatoms. The lowest BCUT2D eigenvalue weighted by Crippen LogP contribution is -2.50. The summed E-state index contributed by atoms with van der Waals surface area (Å²) in [5, 5.41) is 0. The summed E-state index contributed by atoms with van der Waals surface area (Å²) in [5.41, 5.74) is -0.0390. The normalized spacial score (nSPS) is 22.0. The first-order valence-electron chi connectivity index (χ1n) is 5.66. The van der Waals surface area contributed by atoms with Crippen molar-refractivity contribution in [2.24, 2.45) is 0 Å². The molecule has 1 heterocycles. The Labute approximate surface area is 95.3 Å². The highest BCUT2D eigenvalue weighted by atomic mass is 16.5. The van der Waals surface area contributed by atoms with Crippen LogP contribution in [0.2, 0.25) is 0 Å². The summed E-state index contributed by atoms with van der Waals surface area (Å²) in [6, 6.07) is 0. The highest BCUT2D eigenvalue weighted by Crippen LogP contribution is 2.41. The number of rotatable bonds is 2. The maximum Gasteiger partial charge on any atom is 0.242 e. The van der Waals surface area contributed by atoms with Crippen LogP contribution in [0.25, 0.3) is 0 Å². The van der Waals surface area contributed by atoms with Gasteiger partial charge in [0.15, 0.2) is 0 Å². The highest BCUT2D eigenvalue weighted by molar-refractivity contribution is 5.83. The molecule has 1 saturated carbocycles. The van der Waals surface area contributed by atoms with E-state index in [1.807, 2.05) is 4.90 Å². The average molecular weight is 226 g/mol. The number of morpholine rings is 1. The van der Waals surface area contributed by atoms with Crippen LogP contribution in [-0.4, -0.2) is 60.5 Å². The number of hydrogen-bond acceptors (Lipinski definition) is 3. The van der Waals surface area contributed by atoms with E-state index < -0.39 is 0 Å². The van der Waals surface area contributed by atoms with E-state index >= 15 is 0 Å². The summed E-state index contributed by atoms with van der Waals surface area (Å²) in [7, 11) is 1.65. The number of ether oxygens (including phenoxy) is 1. The van der Waals surface area contributed by atoms with Crippen LogP contribution in [0.3, 0.4) is 0 Å². The van der Waals surface area contributed by atoms with E-state index in [1.165, 1.54) is 11.8 Å². The fourth-order valence-electron chi connectivity index (χ4n) is 1.91. The van der Waals surface area contributed by atoms with Crippen molar-refractivity contribution in [1.29, 1.82) is 0 Å². The van der Waals surface area contributed by atoms with E-state index in [9.17, 15) is 9.59 Å². The number of hydrogen-bond donors (Lipinski definition) is 0. The molecule has 2 aliphatic rings. The number of amides is 2. The Morgan fingerprint density at radius 3 is 2.69 bits per heavy atom. The smallest absolute Gasteiger partial charge is 0.242 e. The molecule has 1 spiro atoms. The highest BCUT2D eigenvalue weighted by Gasteiger charge is 2.48. The number of carbonyl (C=O) groups excluding carboxylic acids is 2. The molecule has 1 aliphatic carbocycles. The van der Waals surface area contributed by atoms with Crippen LogP contribution in [0, 0.1) is 0 Å². The van der Waals surface area contributed by atoms with Gasteiger partial charge in [-0.25, -0.2) is 0 Å². The van der Waals surface area contributed by atoms with Gasteiger partial charge in [0.25, 0.3) is 0 Å². The summed E-state index contributed by atoms with van der Waals surface area (Å²) in [6.45, 7) is 3.60. The molecule has 0 aromatic rings. The average Bonchev–Trinajstić information content (AvgIpc) is 2.97. The minimum absolute atomic E-state index is 0.0206. The molecule has 0 aromatic carbocycles. The molecule has 0 radical (unpaired) electrons. The fourth-order valence-corrected chi connectivity index (χ4v) is 1.91. The van der Waals surface area contributed by atoms with Gasteiger partial charge in [0.1, 0.15) is 0 Å². The quantitative estimate of drug-likeness (QED) is 0.658. The molecule has 2 amide bonds. The zero-order chi connectivity index (χ0) is 11.8. The van der Waals surface area contributed by atoms with Crippen LogP contribution in [0.1, 0.15) is 19.8 Å². The van der Waals surface area contributed by atoms with E-state index in [0.29, 0.717) is 19.7 Å². The third-order valence-corrected chi connectivity index (χ3v) is 3.32. The molecule has 90 valence electrons. The lowest BCUT2D eigenvalue weighted by molar-refractivity contribution is -0.144. The van der Waals surface area contributed by atoms with Crippen LogP contribution < -0.4 is 0 Å². The SMILES string of the molecule is CC(=O)N(C)CC(=O)N1CCOC2(CC2)C1. The summed E-state index contributed by atoms with van der Waals surface area (Å²) >= 11 is 0. The van der Waals surface area contributed by atoms with Gasteiger partial charge in [0.05, 0.1) is 18.8 Å². The molecule has 1 saturated heterocycles. The van der Waals surface area contributed by atoms with E-state index in [2.05, 4.69) is 0 Å². The molecule has 5 nitrogen and oxygen atoms in total. The second-order valence-corrected chi connectivity index (χ2v) is 4.72. The zero-order valence-corrected chi connectivity index (χ0v) is 9.86. The van der Waals surface area contributed by atoms with Crippen molar-refractivity contribution < 1.29 is 14.3 Å². The van der Waals surface area contributed by atoms with Crippen molar-refractivity contribution in [3.63, 3.8) is 0 Å². The molecule has 1 aliphatic heterocycles. The summed E-state index contributed by atoms with van der Waals surface area (Å²) < 4.78 is 5.63. The molecule has 0 atom stereocenters. The van der Waals surface area contributed by atoms with Crippen LogP contribution >= 0.6 is 0 Å². The molecule has 0 N–H and O–H groups in total. The maximum absolute atomic E-state index is 11.9. The summed E-state index contributed by atoms with van der Waals surface area (Å²) in [5.74, 6) is -0.0602. The Bertz CT molecular complexity index is 312. The third kappa shape index (κ3) is 2.35. The predicted octanol–water partition coefficient (Wildman–Crippen LogP) is -0.144. The van der Waals surface area contributed by atoms with Crippen molar-refractivity contribution in [1.82, 2.24) is 9.80 Å². The van der Waals surface area contributed by atoms with Gasteiger partial charge in [-0.15, -0.1) is 0 Å². The standard InChI is InChI=1S/C11H18N2O3/c1-9(14)12(2)7-10(15)13-5-6-16-11(8-13)3-4-11/h3-8H2,1-2H3. The van der Waals surface area contributed by atoms with E-state index in [-0.39, 0.29) is 24.0 Å². The Kier molecular flexibility index (Phi) is 2.88. The Balaban J connectivity index is 1.87. The van der Waals surface area contributed by atoms with Gasteiger partial charge in [-0.1, -0.05) is 0 Å². The second-order valence-electron chi connectivity index (χ2n) is 4.72. The molecule has 0 unspecified atom stereocenters. The molecule has 2 fully saturated rings. The predicted molar refractivity (Wildman–Crippen MR) is 57.8 cm³/mol. The van der Waals surface area contributed by atoms with Crippen molar-refractivity contribution in [3.05, 3.63) is 0 Å². The molecule has 16 heavy (non-hydrogen) atoms. The second kappa shape index (κ2) is 4.05. The fraction of sp³-hybridized carbons (Fsp3) is 0.818. The van der Waals surface area contributed by atoms with Crippen LogP contribution in [0.15, 0.2) is 0 Å². The van der Waals surface area contributed by atoms with Crippen LogP contribution in [0.5, 0.6) is 0 Å². The lowest BCUT2D eigenvalue weighted by Gasteiger charge is -2.34. The van der Waals surface area contributed by atoms with Gasteiger partial charge in [-0.3, -0.25) is 9.59 Å². The zero-order valence-electron chi connectivity index (χ0n) is 9.86. The van der Waals surface area contributed by atoms with Gasteiger partial charge < -0.3 is 14.5 Å². The lowest BCUT2D eigenvalue weighted by atomic mass is 10.2. The number of nitrogens with zero attached hydrogens (tertiary/aromatic N) is 2.